The number of aromatic nitrogens is 1. The predicted octanol–water partition coefficient (Wildman–Crippen LogP) is 4.21. The summed E-state index contributed by atoms with van der Waals surface area (Å²) in [6.45, 7) is 0. The maximum atomic E-state index is 7.92. The first-order chi connectivity index (χ1) is 15.1. The number of amidine groups is 1. The number of hydrogen-bond acceptors (Lipinski definition) is 4. The van der Waals surface area contributed by atoms with E-state index in [1.807, 2.05) is 48.7 Å². The van der Waals surface area contributed by atoms with Crippen molar-refractivity contribution in [2.75, 3.05) is 7.11 Å². The molecule has 0 aliphatic carbocycles. The van der Waals surface area contributed by atoms with Crippen molar-refractivity contribution in [3.05, 3.63) is 114 Å². The van der Waals surface area contributed by atoms with Gasteiger partial charge < -0.3 is 15.6 Å². The topological polar surface area (TPSA) is 83.4 Å². The van der Waals surface area contributed by atoms with Crippen molar-refractivity contribution < 1.29 is 9.84 Å². The monoisotopic (exact) mass is 408 g/mol. The third-order valence-electron chi connectivity index (χ3n) is 5.75. The molecule has 5 heteroatoms. The van der Waals surface area contributed by atoms with Crippen molar-refractivity contribution >= 4 is 5.84 Å². The summed E-state index contributed by atoms with van der Waals surface area (Å²) >= 11 is 0. The molecule has 0 saturated heterocycles. The summed E-state index contributed by atoms with van der Waals surface area (Å²) in [4.78, 5) is 9.32. The quantitative estimate of drug-likeness (QED) is 0.514. The summed E-state index contributed by atoms with van der Waals surface area (Å²) < 4.78 is 5.35. The Kier molecular flexibility index (Phi) is 4.44. The third-order valence-corrected chi connectivity index (χ3v) is 5.75. The third kappa shape index (κ3) is 3.02. The Hall–Kier alpha value is -4.12. The van der Waals surface area contributed by atoms with Crippen molar-refractivity contribution in [3.8, 4) is 22.6 Å². The highest BCUT2D eigenvalue weighted by atomic mass is 16.5. The van der Waals surface area contributed by atoms with Crippen LogP contribution >= 0.6 is 0 Å². The molecule has 5 rings (SSSR count). The van der Waals surface area contributed by atoms with Crippen LogP contribution in [0.5, 0.6) is 11.5 Å². The number of pyridine rings is 1. The van der Waals surface area contributed by atoms with Crippen LogP contribution in [0.25, 0.3) is 11.1 Å². The zero-order valence-electron chi connectivity index (χ0n) is 17.0. The maximum absolute atomic E-state index is 7.92. The van der Waals surface area contributed by atoms with Gasteiger partial charge in [-0.25, -0.2) is 4.99 Å². The lowest BCUT2D eigenvalue weighted by Gasteiger charge is -2.29. The molecule has 0 amide bonds. The molecule has 0 bridgehead atoms. The van der Waals surface area contributed by atoms with E-state index >= 15 is 0 Å². The average molecular weight is 408 g/mol. The Bertz CT molecular complexity index is 1300. The van der Waals surface area contributed by atoms with E-state index < -0.39 is 5.54 Å². The van der Waals surface area contributed by atoms with E-state index in [4.69, 9.17) is 20.6 Å². The summed E-state index contributed by atoms with van der Waals surface area (Å²) in [6, 6.07) is 25.8. The fraction of sp³-hybridized carbons (Fsp3) is 0.0769. The molecular weight excluding hydrogens is 386 g/mol. The Labute approximate surface area is 180 Å². The van der Waals surface area contributed by atoms with Crippen LogP contribution in [0.2, 0.25) is 0 Å². The van der Waals surface area contributed by atoms with Crippen LogP contribution < -0.4 is 10.5 Å². The highest BCUT2D eigenvalue weighted by Gasteiger charge is 2.42. The number of benzene rings is 3. The van der Waals surface area contributed by atoms with E-state index in [1.165, 1.54) is 0 Å². The smallest absolute Gasteiger partial charge is 0.253 e. The van der Waals surface area contributed by atoms with Crippen LogP contribution in [-0.2, 0) is 5.54 Å². The van der Waals surface area contributed by atoms with Crippen LogP contribution in [0.4, 0.5) is 0 Å². The molecule has 0 saturated carbocycles. The summed E-state index contributed by atoms with van der Waals surface area (Å²) in [5, 5.41) is 7.92. The van der Waals surface area contributed by atoms with Crippen molar-refractivity contribution in [1.82, 2.24) is 4.98 Å². The minimum atomic E-state index is -0.781. The molecular formula is C26H22N3O2+. The standard InChI is InChI=1S/C26H21N3O2/c1-31-22-14-18(15-28-16-22)17-5-4-6-20(13-17)26(19-9-11-21(30)12-10-19)24-8-3-2-7-23(24)25(27)29-26/h2-16,30H,1H3,(H2,27,29)/p+1. The molecule has 31 heavy (non-hydrogen) atoms. The number of nitrogens with zero attached hydrogens (tertiary/aromatic N) is 2. The van der Waals surface area contributed by atoms with Gasteiger partial charge in [-0.05, 0) is 46.5 Å². The number of rotatable bonds is 4. The lowest BCUT2D eigenvalue weighted by molar-refractivity contribution is 0.413. The van der Waals surface area contributed by atoms with E-state index in [0.717, 1.165) is 33.4 Å². The number of aliphatic imine (C=N–C) groups is 1. The van der Waals surface area contributed by atoms with Gasteiger partial charge in [0.2, 0.25) is 0 Å². The number of hydrogen-bond donors (Lipinski definition) is 1. The van der Waals surface area contributed by atoms with Gasteiger partial charge in [-0.3, -0.25) is 4.98 Å². The predicted molar refractivity (Wildman–Crippen MR) is 123 cm³/mol. The summed E-state index contributed by atoms with van der Waals surface area (Å²) in [6.07, 6.45) is 3.51. The summed E-state index contributed by atoms with van der Waals surface area (Å²) in [5.41, 5.74) is 11.5. The fourth-order valence-corrected chi connectivity index (χ4v) is 4.25. The molecule has 4 N–H and O–H groups in total. The minimum Gasteiger partial charge on any atom is -0.593 e. The first-order valence-corrected chi connectivity index (χ1v) is 9.99. The number of nitrogens with two attached hydrogens (primary N) is 1. The molecule has 5 nitrogen and oxygen atoms in total. The second kappa shape index (κ2) is 7.29. The molecule has 3 aromatic carbocycles. The van der Waals surface area contributed by atoms with Crippen molar-refractivity contribution in [2.45, 2.75) is 5.54 Å². The lowest BCUT2D eigenvalue weighted by Crippen LogP contribution is -2.25. The van der Waals surface area contributed by atoms with Crippen LogP contribution in [0.3, 0.4) is 0 Å². The Morgan fingerprint density at radius 3 is 2.45 bits per heavy atom. The van der Waals surface area contributed by atoms with Gasteiger partial charge in [0, 0.05) is 29.5 Å². The summed E-state index contributed by atoms with van der Waals surface area (Å²) in [5.74, 6) is 1.68. The van der Waals surface area contributed by atoms with E-state index in [2.05, 4.69) is 29.2 Å². The van der Waals surface area contributed by atoms with Gasteiger partial charge in [-0.1, -0.05) is 42.5 Å². The number of ether oxygens (including phenoxy) is 1. The molecule has 2 heterocycles. The zero-order valence-corrected chi connectivity index (χ0v) is 17.0. The number of fused-ring (bicyclic) bond motifs is 1. The molecule has 1 aromatic heterocycles. The first-order valence-electron chi connectivity index (χ1n) is 9.99. The van der Waals surface area contributed by atoms with Crippen molar-refractivity contribution in [2.24, 2.45) is 10.7 Å². The van der Waals surface area contributed by atoms with Crippen molar-refractivity contribution in [3.63, 3.8) is 0 Å². The second-order valence-electron chi connectivity index (χ2n) is 7.52. The van der Waals surface area contributed by atoms with E-state index in [1.54, 1.807) is 25.4 Å². The van der Waals surface area contributed by atoms with E-state index in [0.29, 0.717) is 17.3 Å². The van der Waals surface area contributed by atoms with Crippen LogP contribution in [0, 0.1) is 0 Å². The highest BCUT2D eigenvalue weighted by Crippen LogP contribution is 2.46. The Morgan fingerprint density at radius 1 is 0.839 bits per heavy atom. The fourth-order valence-electron chi connectivity index (χ4n) is 4.25. The van der Waals surface area contributed by atoms with Gasteiger partial charge in [0.15, 0.2) is 0 Å². The molecule has 1 atom stereocenters. The maximum Gasteiger partial charge on any atom is 0.253 e. The normalized spacial score (nSPS) is 17.1. The Morgan fingerprint density at radius 2 is 1.65 bits per heavy atom. The largest absolute Gasteiger partial charge is 0.593 e. The highest BCUT2D eigenvalue weighted by molar-refractivity contribution is 6.03. The lowest BCUT2D eigenvalue weighted by atomic mass is 9.77. The van der Waals surface area contributed by atoms with E-state index in [9.17, 15) is 0 Å². The van der Waals surface area contributed by atoms with Crippen LogP contribution in [-0.4, -0.2) is 23.0 Å². The van der Waals surface area contributed by atoms with E-state index in [-0.39, 0.29) is 0 Å². The molecule has 152 valence electrons. The van der Waals surface area contributed by atoms with Gasteiger partial charge in [0.25, 0.3) is 5.75 Å². The average Bonchev–Trinajstić information content (AvgIpc) is 3.13. The number of methoxy groups -OCH3 is 1. The van der Waals surface area contributed by atoms with Gasteiger partial charge in [-0.15, -0.1) is 0 Å². The molecule has 1 aliphatic heterocycles. The van der Waals surface area contributed by atoms with Crippen LogP contribution in [0.15, 0.2) is 96.2 Å². The molecule has 4 aromatic rings. The van der Waals surface area contributed by atoms with Crippen molar-refractivity contribution in [1.29, 1.82) is 0 Å². The molecule has 1 aliphatic rings. The summed E-state index contributed by atoms with van der Waals surface area (Å²) in [7, 11) is 1.63. The molecule has 1 unspecified atom stereocenters. The van der Waals surface area contributed by atoms with Gasteiger partial charge in [0.1, 0.15) is 17.1 Å². The Balaban J connectivity index is 1.76. The SMILES string of the molecule is COc1cncc(-c2cccc(C3(c4ccc([OH2+])cc4)N=C(N)c4ccccc43)c2)c1. The molecule has 0 fully saturated rings. The van der Waals surface area contributed by atoms with Gasteiger partial charge >= 0.3 is 0 Å². The molecule has 0 radical (unpaired) electrons. The van der Waals surface area contributed by atoms with Gasteiger partial charge in [-0.2, -0.15) is 0 Å². The van der Waals surface area contributed by atoms with Crippen LogP contribution in [0.1, 0.15) is 22.3 Å². The second-order valence-corrected chi connectivity index (χ2v) is 7.52. The zero-order chi connectivity index (χ0) is 21.4. The molecule has 0 spiro atoms. The van der Waals surface area contributed by atoms with Gasteiger partial charge in [0.05, 0.1) is 13.3 Å². The minimum absolute atomic E-state index is 0.457. The first kappa shape index (κ1) is 18.9.